The van der Waals surface area contributed by atoms with Gasteiger partial charge in [0.15, 0.2) is 21.4 Å². The van der Waals surface area contributed by atoms with Crippen molar-refractivity contribution in [3.05, 3.63) is 54.2 Å². The highest BCUT2D eigenvalue weighted by Crippen LogP contribution is 2.46. The lowest BCUT2D eigenvalue weighted by atomic mass is 10.0. The van der Waals surface area contributed by atoms with Crippen LogP contribution in [0.25, 0.3) is 28.2 Å². The van der Waals surface area contributed by atoms with Gasteiger partial charge >= 0.3 is 6.36 Å². The summed E-state index contributed by atoms with van der Waals surface area (Å²) in [4.78, 5) is 11.3. The van der Waals surface area contributed by atoms with Crippen LogP contribution in [0.1, 0.15) is 30.8 Å². The SMILES string of the molecule is Cc1ncc(-n2nc(CCC3(N4CCS(=O)(=O)CC4)CC3)c3ccc(-c4ccc(OC(F)(F)F)cc4)nc32)o1. The van der Waals surface area contributed by atoms with Gasteiger partial charge in [0.2, 0.25) is 5.88 Å². The Hall–Kier alpha value is -3.45. The van der Waals surface area contributed by atoms with Gasteiger partial charge in [0.05, 0.1) is 29.1 Å². The summed E-state index contributed by atoms with van der Waals surface area (Å²) in [5, 5.41) is 5.66. The average molecular weight is 562 g/mol. The Morgan fingerprint density at radius 1 is 1.08 bits per heavy atom. The molecule has 1 aliphatic heterocycles. The first-order valence-corrected chi connectivity index (χ1v) is 14.5. The molecule has 1 saturated heterocycles. The van der Waals surface area contributed by atoms with Crippen molar-refractivity contribution < 1.29 is 30.7 Å². The number of benzene rings is 1. The number of fused-ring (bicyclic) bond motifs is 1. The van der Waals surface area contributed by atoms with E-state index in [-0.39, 0.29) is 22.8 Å². The molecule has 2 aliphatic rings. The Labute approximate surface area is 222 Å². The molecular weight excluding hydrogens is 535 g/mol. The minimum Gasteiger partial charge on any atom is -0.423 e. The summed E-state index contributed by atoms with van der Waals surface area (Å²) in [6, 6.07) is 9.25. The van der Waals surface area contributed by atoms with E-state index in [1.165, 1.54) is 24.3 Å². The quantitative estimate of drug-likeness (QED) is 0.326. The molecule has 1 saturated carbocycles. The fraction of sp³-hybridized carbons (Fsp3) is 0.423. The number of halogens is 3. The highest BCUT2D eigenvalue weighted by Gasteiger charge is 2.48. The van der Waals surface area contributed by atoms with Crippen molar-refractivity contribution in [2.24, 2.45) is 0 Å². The molecule has 39 heavy (non-hydrogen) atoms. The Morgan fingerprint density at radius 2 is 1.79 bits per heavy atom. The maximum atomic E-state index is 12.5. The first kappa shape index (κ1) is 25.8. The van der Waals surface area contributed by atoms with E-state index in [9.17, 15) is 21.6 Å². The van der Waals surface area contributed by atoms with Gasteiger partial charge in [-0.3, -0.25) is 4.90 Å². The molecule has 0 radical (unpaired) electrons. The van der Waals surface area contributed by atoms with Gasteiger partial charge in [0.25, 0.3) is 0 Å². The van der Waals surface area contributed by atoms with E-state index in [1.807, 2.05) is 12.1 Å². The molecule has 13 heteroatoms. The monoisotopic (exact) mass is 561 g/mol. The zero-order valence-corrected chi connectivity index (χ0v) is 21.9. The van der Waals surface area contributed by atoms with Crippen molar-refractivity contribution in [1.82, 2.24) is 24.6 Å². The third kappa shape index (κ3) is 5.37. The maximum Gasteiger partial charge on any atom is 0.573 e. The first-order valence-electron chi connectivity index (χ1n) is 12.6. The van der Waals surface area contributed by atoms with Crippen LogP contribution in [0.5, 0.6) is 5.75 Å². The minimum atomic E-state index is -4.76. The predicted molar refractivity (Wildman–Crippen MR) is 136 cm³/mol. The molecule has 1 aliphatic carbocycles. The number of sulfone groups is 1. The summed E-state index contributed by atoms with van der Waals surface area (Å²) in [6.07, 6.45) is 0.384. The molecule has 1 aromatic carbocycles. The fourth-order valence-corrected chi connectivity index (χ4v) is 6.44. The first-order chi connectivity index (χ1) is 18.5. The Bertz CT molecular complexity index is 1610. The van der Waals surface area contributed by atoms with Crippen molar-refractivity contribution in [3.8, 4) is 22.9 Å². The summed E-state index contributed by atoms with van der Waals surface area (Å²) in [5.41, 5.74) is 2.55. The second-order valence-electron chi connectivity index (χ2n) is 10.1. The predicted octanol–water partition coefficient (Wildman–Crippen LogP) is 4.48. The molecular formula is C26H26F3N5O4S. The molecule has 4 heterocycles. The lowest BCUT2D eigenvalue weighted by Crippen LogP contribution is -2.47. The van der Waals surface area contributed by atoms with Gasteiger partial charge in [0, 0.05) is 36.5 Å². The van der Waals surface area contributed by atoms with Crippen LogP contribution in [0.2, 0.25) is 0 Å². The fourth-order valence-electron chi connectivity index (χ4n) is 5.24. The molecule has 0 unspecified atom stereocenters. The van der Waals surface area contributed by atoms with Crippen LogP contribution >= 0.6 is 0 Å². The van der Waals surface area contributed by atoms with Gasteiger partial charge in [0.1, 0.15) is 5.75 Å². The lowest BCUT2D eigenvalue weighted by molar-refractivity contribution is -0.274. The van der Waals surface area contributed by atoms with Gasteiger partial charge in [-0.15, -0.1) is 13.2 Å². The molecule has 9 nitrogen and oxygen atoms in total. The van der Waals surface area contributed by atoms with Crippen LogP contribution < -0.4 is 4.74 Å². The Kier molecular flexibility index (Phi) is 6.18. The highest BCUT2D eigenvalue weighted by molar-refractivity contribution is 7.91. The minimum absolute atomic E-state index is 0.00245. The number of hydrogen-bond donors (Lipinski definition) is 0. The molecule has 206 valence electrons. The summed E-state index contributed by atoms with van der Waals surface area (Å²) in [6.45, 7) is 2.86. The molecule has 0 amide bonds. The van der Waals surface area contributed by atoms with E-state index < -0.39 is 16.2 Å². The van der Waals surface area contributed by atoms with Crippen molar-refractivity contribution >= 4 is 20.9 Å². The summed E-state index contributed by atoms with van der Waals surface area (Å²) in [7, 11) is -2.95. The summed E-state index contributed by atoms with van der Waals surface area (Å²) < 4.78 is 72.7. The maximum absolute atomic E-state index is 12.5. The van der Waals surface area contributed by atoms with Crippen LogP contribution in [-0.4, -0.2) is 69.6 Å². The third-order valence-electron chi connectivity index (χ3n) is 7.48. The van der Waals surface area contributed by atoms with Gasteiger partial charge in [-0.05, 0) is 62.1 Å². The van der Waals surface area contributed by atoms with Crippen LogP contribution in [0, 0.1) is 6.92 Å². The van der Waals surface area contributed by atoms with Crippen molar-refractivity contribution in [2.75, 3.05) is 24.6 Å². The molecule has 0 N–H and O–H groups in total. The smallest absolute Gasteiger partial charge is 0.423 e. The Balaban J connectivity index is 1.29. The number of pyridine rings is 1. The molecule has 4 aromatic rings. The Morgan fingerprint density at radius 3 is 2.41 bits per heavy atom. The van der Waals surface area contributed by atoms with Crippen LogP contribution in [0.15, 0.2) is 47.0 Å². The summed E-state index contributed by atoms with van der Waals surface area (Å²) in [5.74, 6) is 0.978. The molecule has 0 bridgehead atoms. The van der Waals surface area contributed by atoms with Gasteiger partial charge < -0.3 is 9.15 Å². The van der Waals surface area contributed by atoms with E-state index in [0.717, 1.165) is 30.3 Å². The van der Waals surface area contributed by atoms with E-state index in [4.69, 9.17) is 14.5 Å². The highest BCUT2D eigenvalue weighted by atomic mass is 32.2. The standard InChI is InChI=1S/C26H26F3N5O4S/c1-17-30-16-23(37-17)34-24-20(6-7-21(31-24)18-2-4-19(5-3-18)38-26(27,28)29)22(32-34)8-9-25(10-11-25)33-12-14-39(35,36)15-13-33/h2-7,16H,8-15H2,1H3. The van der Waals surface area contributed by atoms with Gasteiger partial charge in [-0.2, -0.15) is 9.78 Å². The second-order valence-corrected chi connectivity index (χ2v) is 12.4. The van der Waals surface area contributed by atoms with Crippen molar-refractivity contribution in [2.45, 2.75) is 44.5 Å². The van der Waals surface area contributed by atoms with Gasteiger partial charge in [-0.1, -0.05) is 0 Å². The number of ether oxygens (including phenoxy) is 1. The molecule has 0 spiro atoms. The van der Waals surface area contributed by atoms with Crippen molar-refractivity contribution in [3.63, 3.8) is 0 Å². The van der Waals surface area contributed by atoms with E-state index >= 15 is 0 Å². The number of aromatic nitrogens is 4. The van der Waals surface area contributed by atoms with Gasteiger partial charge in [-0.25, -0.2) is 18.4 Å². The number of aryl methyl sites for hydroxylation is 2. The number of rotatable bonds is 7. The van der Waals surface area contributed by atoms with E-state index in [2.05, 4.69) is 14.6 Å². The number of oxazole rings is 1. The summed E-state index contributed by atoms with van der Waals surface area (Å²) >= 11 is 0. The normalized spacial score (nSPS) is 18.9. The lowest BCUT2D eigenvalue weighted by Gasteiger charge is -2.34. The van der Waals surface area contributed by atoms with Crippen LogP contribution in [-0.2, 0) is 16.3 Å². The average Bonchev–Trinajstić information content (AvgIpc) is 3.40. The largest absolute Gasteiger partial charge is 0.573 e. The second kappa shape index (κ2) is 9.33. The number of alkyl halides is 3. The third-order valence-corrected chi connectivity index (χ3v) is 9.09. The van der Waals surface area contributed by atoms with Crippen LogP contribution in [0.3, 0.4) is 0 Å². The molecule has 2 fully saturated rings. The zero-order chi connectivity index (χ0) is 27.4. The van der Waals surface area contributed by atoms with E-state index in [0.29, 0.717) is 48.2 Å². The van der Waals surface area contributed by atoms with Crippen molar-refractivity contribution in [1.29, 1.82) is 0 Å². The zero-order valence-electron chi connectivity index (χ0n) is 21.1. The van der Waals surface area contributed by atoms with Crippen LogP contribution in [0.4, 0.5) is 13.2 Å². The molecule has 0 atom stereocenters. The van der Waals surface area contributed by atoms with E-state index in [1.54, 1.807) is 17.8 Å². The molecule has 6 rings (SSSR count). The number of hydrogen-bond acceptors (Lipinski definition) is 8. The topological polar surface area (TPSA) is 103 Å². The molecule has 3 aromatic heterocycles. The number of nitrogens with zero attached hydrogens (tertiary/aromatic N) is 5.